The molecule has 0 saturated carbocycles. The number of benzene rings is 2. The number of hydrogen-bond donors (Lipinski definition) is 1. The van der Waals surface area contributed by atoms with Crippen molar-refractivity contribution in [3.63, 3.8) is 0 Å². The minimum Gasteiger partial charge on any atom is -0.399 e. The van der Waals surface area contributed by atoms with Crippen LogP contribution in [-0.4, -0.2) is 0 Å². The zero-order valence-corrected chi connectivity index (χ0v) is 14.8. The Labute approximate surface area is 158 Å². The molecule has 0 amide bonds. The lowest BCUT2D eigenvalue weighted by atomic mass is 9.56. The molecule has 0 saturated heterocycles. The van der Waals surface area contributed by atoms with Gasteiger partial charge in [-0.25, -0.2) is 0 Å². The molecular weight excluding hydrogens is 332 g/mol. The SMILES string of the molecule is N#CC1=C(N)C(C#N)(C#N)[C@H](c2cccc3ccccc23)[C@H]2CCCC=C12. The fourth-order valence-electron chi connectivity index (χ4n) is 4.74. The summed E-state index contributed by atoms with van der Waals surface area (Å²) < 4.78 is 0. The van der Waals surface area contributed by atoms with E-state index in [1.807, 2.05) is 42.5 Å². The number of rotatable bonds is 1. The van der Waals surface area contributed by atoms with E-state index in [2.05, 4.69) is 24.3 Å². The van der Waals surface area contributed by atoms with Gasteiger partial charge >= 0.3 is 0 Å². The van der Waals surface area contributed by atoms with Gasteiger partial charge in [0.1, 0.15) is 6.07 Å². The van der Waals surface area contributed by atoms with Gasteiger partial charge in [0.15, 0.2) is 5.41 Å². The van der Waals surface area contributed by atoms with Gasteiger partial charge in [0.25, 0.3) is 0 Å². The maximum absolute atomic E-state index is 10.1. The molecule has 4 heteroatoms. The number of hydrogen-bond acceptors (Lipinski definition) is 4. The third-order valence-corrected chi connectivity index (χ3v) is 5.96. The highest BCUT2D eigenvalue weighted by molar-refractivity contribution is 5.87. The molecule has 4 rings (SSSR count). The van der Waals surface area contributed by atoms with Gasteiger partial charge in [0.2, 0.25) is 0 Å². The topological polar surface area (TPSA) is 97.4 Å². The van der Waals surface area contributed by atoms with Crippen LogP contribution in [0.5, 0.6) is 0 Å². The molecule has 0 radical (unpaired) electrons. The highest BCUT2D eigenvalue weighted by Crippen LogP contribution is 2.56. The summed E-state index contributed by atoms with van der Waals surface area (Å²) in [5.74, 6) is -0.465. The average Bonchev–Trinajstić information content (AvgIpc) is 2.73. The van der Waals surface area contributed by atoms with Gasteiger partial charge in [0, 0.05) is 5.92 Å². The second-order valence-corrected chi connectivity index (χ2v) is 7.18. The van der Waals surface area contributed by atoms with E-state index in [4.69, 9.17) is 5.73 Å². The lowest BCUT2D eigenvalue weighted by Crippen LogP contribution is -2.42. The number of nitrogens with two attached hydrogens (primary N) is 1. The Morgan fingerprint density at radius 1 is 1.00 bits per heavy atom. The van der Waals surface area contributed by atoms with Crippen LogP contribution in [0.4, 0.5) is 0 Å². The highest BCUT2D eigenvalue weighted by Gasteiger charge is 2.54. The maximum atomic E-state index is 10.1. The Balaban J connectivity index is 2.09. The van der Waals surface area contributed by atoms with Crippen molar-refractivity contribution in [3.05, 3.63) is 70.9 Å². The quantitative estimate of drug-likeness (QED) is 0.822. The molecule has 2 aromatic carbocycles. The van der Waals surface area contributed by atoms with Gasteiger partial charge in [-0.05, 0) is 47.1 Å². The summed E-state index contributed by atoms with van der Waals surface area (Å²) >= 11 is 0. The van der Waals surface area contributed by atoms with Crippen molar-refractivity contribution in [2.75, 3.05) is 0 Å². The molecule has 0 aliphatic heterocycles. The van der Waals surface area contributed by atoms with Crippen LogP contribution in [0.3, 0.4) is 0 Å². The Kier molecular flexibility index (Phi) is 3.95. The largest absolute Gasteiger partial charge is 0.399 e. The lowest BCUT2D eigenvalue weighted by Gasteiger charge is -2.43. The van der Waals surface area contributed by atoms with Crippen LogP contribution in [0.25, 0.3) is 10.8 Å². The summed E-state index contributed by atoms with van der Waals surface area (Å²) in [5.41, 5.74) is 7.06. The average molecular weight is 350 g/mol. The second kappa shape index (κ2) is 6.31. The van der Waals surface area contributed by atoms with Crippen LogP contribution < -0.4 is 5.73 Å². The zero-order valence-electron chi connectivity index (χ0n) is 14.8. The molecule has 2 N–H and O–H groups in total. The van der Waals surface area contributed by atoms with Crippen LogP contribution >= 0.6 is 0 Å². The molecule has 2 aliphatic rings. The first-order valence-electron chi connectivity index (χ1n) is 9.09. The van der Waals surface area contributed by atoms with Crippen LogP contribution in [0.15, 0.2) is 65.4 Å². The van der Waals surface area contributed by atoms with Crippen molar-refractivity contribution in [2.45, 2.75) is 25.2 Å². The Morgan fingerprint density at radius 2 is 1.74 bits per heavy atom. The van der Waals surface area contributed by atoms with E-state index < -0.39 is 11.3 Å². The minimum atomic E-state index is -1.55. The van der Waals surface area contributed by atoms with Gasteiger partial charge in [0.05, 0.1) is 23.4 Å². The van der Waals surface area contributed by atoms with E-state index >= 15 is 0 Å². The summed E-state index contributed by atoms with van der Waals surface area (Å²) in [7, 11) is 0. The normalized spacial score (nSPS) is 23.5. The Morgan fingerprint density at radius 3 is 2.48 bits per heavy atom. The van der Waals surface area contributed by atoms with E-state index in [9.17, 15) is 15.8 Å². The van der Waals surface area contributed by atoms with Gasteiger partial charge < -0.3 is 5.73 Å². The molecule has 0 fully saturated rings. The molecule has 0 heterocycles. The molecule has 130 valence electrons. The number of nitrogens with zero attached hydrogens (tertiary/aromatic N) is 3. The fourth-order valence-corrected chi connectivity index (χ4v) is 4.74. The minimum absolute atomic E-state index is 0.0641. The zero-order chi connectivity index (χ0) is 19.0. The van der Waals surface area contributed by atoms with Crippen molar-refractivity contribution >= 4 is 10.8 Å². The van der Waals surface area contributed by atoms with Crippen LogP contribution in [0.2, 0.25) is 0 Å². The maximum Gasteiger partial charge on any atom is 0.191 e. The predicted octanol–water partition coefficient (Wildman–Crippen LogP) is 4.43. The van der Waals surface area contributed by atoms with Crippen molar-refractivity contribution in [1.82, 2.24) is 0 Å². The molecule has 27 heavy (non-hydrogen) atoms. The summed E-state index contributed by atoms with van der Waals surface area (Å²) in [4.78, 5) is 0. The fraction of sp³-hybridized carbons (Fsp3) is 0.261. The van der Waals surface area contributed by atoms with Crippen molar-refractivity contribution in [2.24, 2.45) is 17.1 Å². The molecule has 2 aliphatic carbocycles. The molecular formula is C23H18N4. The first-order chi connectivity index (χ1) is 13.2. The third-order valence-electron chi connectivity index (χ3n) is 5.96. The van der Waals surface area contributed by atoms with E-state index in [-0.39, 0.29) is 11.6 Å². The summed E-state index contributed by atoms with van der Waals surface area (Å²) in [5, 5.41) is 32.0. The Hall–Kier alpha value is -3.55. The highest BCUT2D eigenvalue weighted by atomic mass is 14.7. The first kappa shape index (κ1) is 16.9. The summed E-state index contributed by atoms with van der Waals surface area (Å²) in [6, 6.07) is 20.6. The van der Waals surface area contributed by atoms with Crippen molar-refractivity contribution in [1.29, 1.82) is 15.8 Å². The molecule has 0 unspecified atom stereocenters. The predicted molar refractivity (Wildman–Crippen MR) is 103 cm³/mol. The van der Waals surface area contributed by atoms with Gasteiger partial charge in [-0.1, -0.05) is 48.5 Å². The van der Waals surface area contributed by atoms with E-state index in [1.54, 1.807) is 0 Å². The van der Waals surface area contributed by atoms with Crippen LogP contribution in [-0.2, 0) is 0 Å². The summed E-state index contributed by atoms with van der Waals surface area (Å²) in [6.07, 6.45) is 4.76. The molecule has 0 bridgehead atoms. The Bertz CT molecular complexity index is 1100. The molecule has 2 atom stereocenters. The van der Waals surface area contributed by atoms with Crippen LogP contribution in [0, 0.1) is 45.3 Å². The number of allylic oxidation sites excluding steroid dienone is 4. The molecule has 4 nitrogen and oxygen atoms in total. The first-order valence-corrected chi connectivity index (χ1v) is 9.09. The lowest BCUT2D eigenvalue weighted by molar-refractivity contribution is 0.319. The van der Waals surface area contributed by atoms with E-state index in [0.29, 0.717) is 5.57 Å². The van der Waals surface area contributed by atoms with Crippen LogP contribution in [0.1, 0.15) is 30.7 Å². The van der Waals surface area contributed by atoms with Crippen molar-refractivity contribution in [3.8, 4) is 18.2 Å². The van der Waals surface area contributed by atoms with E-state index in [1.165, 1.54) is 0 Å². The number of nitriles is 3. The second-order valence-electron chi connectivity index (χ2n) is 7.18. The monoisotopic (exact) mass is 350 g/mol. The standard InChI is InChI=1S/C23H18N4/c24-12-20-17-9-3-4-10-19(17)21(23(13-25,14-26)22(20)27)18-11-5-7-15-6-1-2-8-16(15)18/h1-2,5-9,11,19,21H,3-4,10,27H2/t19-,21+/m0/s1. The number of fused-ring (bicyclic) bond motifs is 2. The third kappa shape index (κ3) is 2.26. The molecule has 0 aromatic heterocycles. The van der Waals surface area contributed by atoms with Gasteiger partial charge in [-0.3, -0.25) is 0 Å². The smallest absolute Gasteiger partial charge is 0.191 e. The van der Waals surface area contributed by atoms with Gasteiger partial charge in [-0.2, -0.15) is 15.8 Å². The summed E-state index contributed by atoms with van der Waals surface area (Å²) in [6.45, 7) is 0. The van der Waals surface area contributed by atoms with Crippen molar-refractivity contribution < 1.29 is 0 Å². The molecule has 0 spiro atoms. The van der Waals surface area contributed by atoms with Gasteiger partial charge in [-0.15, -0.1) is 0 Å². The van der Waals surface area contributed by atoms with E-state index in [0.717, 1.165) is 41.2 Å². The molecule has 2 aromatic rings.